The number of hydrogen-bond acceptors (Lipinski definition) is 6. The summed E-state index contributed by atoms with van der Waals surface area (Å²) >= 11 is 1.78. The first-order chi connectivity index (χ1) is 12.5. The van der Waals surface area contributed by atoms with Crippen molar-refractivity contribution in [1.82, 2.24) is 14.1 Å². The van der Waals surface area contributed by atoms with E-state index in [2.05, 4.69) is 5.10 Å². The maximum absolute atomic E-state index is 12.6. The van der Waals surface area contributed by atoms with Crippen LogP contribution in [0.25, 0.3) is 0 Å². The van der Waals surface area contributed by atoms with Gasteiger partial charge in [0, 0.05) is 14.2 Å². The van der Waals surface area contributed by atoms with E-state index in [0.29, 0.717) is 20.1 Å². The van der Waals surface area contributed by atoms with Crippen molar-refractivity contribution in [2.75, 3.05) is 14.2 Å². The number of carbonyl (C=O) groups excluding carboxylic acids is 1. The Labute approximate surface area is 166 Å². The van der Waals surface area contributed by atoms with Crippen LogP contribution in [0.4, 0.5) is 18.0 Å². The van der Waals surface area contributed by atoms with Gasteiger partial charge in [0.15, 0.2) is 9.45 Å². The van der Waals surface area contributed by atoms with E-state index in [1.165, 1.54) is 18.0 Å². The number of aromatic nitrogens is 2. The van der Waals surface area contributed by atoms with Crippen molar-refractivity contribution in [2.45, 2.75) is 17.8 Å². The maximum atomic E-state index is 12.6. The molecule has 0 aliphatic carbocycles. The quantitative estimate of drug-likeness (QED) is 0.565. The van der Waals surface area contributed by atoms with Crippen LogP contribution in [0, 0.1) is 3.70 Å². The number of alkyl halides is 3. The molecule has 13 heteroatoms. The first-order valence-corrected chi connectivity index (χ1v) is 9.58. The van der Waals surface area contributed by atoms with Gasteiger partial charge >= 0.3 is 12.3 Å². The lowest BCUT2D eigenvalue weighted by Crippen LogP contribution is -2.35. The lowest BCUT2D eigenvalue weighted by Gasteiger charge is -2.17. The zero-order valence-corrected chi connectivity index (χ0v) is 16.9. The zero-order chi connectivity index (χ0) is 20.4. The van der Waals surface area contributed by atoms with Crippen LogP contribution in [0.5, 0.6) is 5.75 Å². The number of hydrogen-bond donors (Lipinski definition) is 0. The molecule has 2 rings (SSSR count). The normalized spacial score (nSPS) is 12.1. The van der Waals surface area contributed by atoms with Gasteiger partial charge in [-0.2, -0.15) is 18.3 Å². The van der Waals surface area contributed by atoms with Gasteiger partial charge in [-0.3, -0.25) is 0 Å². The lowest BCUT2D eigenvalue weighted by atomic mass is 10.2. The Morgan fingerprint density at radius 3 is 2.41 bits per heavy atom. The fourth-order valence-corrected chi connectivity index (χ4v) is 3.43. The monoisotopic (exact) mass is 519 g/mol. The molecule has 0 saturated heterocycles. The lowest BCUT2D eigenvalue weighted by molar-refractivity contribution is -0.137. The third kappa shape index (κ3) is 4.90. The third-order valence-electron chi connectivity index (χ3n) is 3.24. The van der Waals surface area contributed by atoms with Crippen LogP contribution in [0.2, 0.25) is 0 Å². The van der Waals surface area contributed by atoms with Crippen molar-refractivity contribution in [3.05, 3.63) is 39.7 Å². The van der Waals surface area contributed by atoms with Gasteiger partial charge in [0.2, 0.25) is 0 Å². The highest BCUT2D eigenvalue weighted by atomic mass is 127. The summed E-state index contributed by atoms with van der Waals surface area (Å²) in [4.78, 5) is 11.7. The Morgan fingerprint density at radius 2 is 1.89 bits per heavy atom. The highest BCUT2D eigenvalue weighted by molar-refractivity contribution is 14.1. The standard InChI is InChI=1S/C14H13F3IN3O5S/c1-20(13(22)26-11-7-21(8-25-2)19-12(11)18)27(23,24)10-5-3-9(4-6-10)14(15,16)17/h3-7H,8H2,1-2H3. The van der Waals surface area contributed by atoms with Gasteiger partial charge in [0.1, 0.15) is 6.73 Å². The number of amides is 1. The van der Waals surface area contributed by atoms with Crippen LogP contribution in [-0.4, -0.2) is 42.8 Å². The number of carbonyl (C=O) groups is 1. The summed E-state index contributed by atoms with van der Waals surface area (Å²) in [6, 6.07) is 2.76. The fourth-order valence-electron chi connectivity index (χ4n) is 1.88. The summed E-state index contributed by atoms with van der Waals surface area (Å²) in [5.41, 5.74) is -1.01. The maximum Gasteiger partial charge on any atom is 0.429 e. The van der Waals surface area contributed by atoms with E-state index in [9.17, 15) is 26.4 Å². The van der Waals surface area contributed by atoms with Crippen molar-refractivity contribution < 1.29 is 35.9 Å². The van der Waals surface area contributed by atoms with Gasteiger partial charge < -0.3 is 9.47 Å². The molecule has 0 aliphatic rings. The molecule has 1 aromatic carbocycles. The first kappa shape index (κ1) is 21.4. The number of ether oxygens (including phenoxy) is 2. The molecule has 0 aliphatic heterocycles. The van der Waals surface area contributed by atoms with E-state index in [4.69, 9.17) is 9.47 Å². The number of nitrogens with zero attached hydrogens (tertiary/aromatic N) is 3. The molecule has 1 heterocycles. The Bertz CT molecular complexity index is 928. The van der Waals surface area contributed by atoms with E-state index in [0.717, 1.165) is 19.2 Å². The van der Waals surface area contributed by atoms with E-state index in [1.54, 1.807) is 22.6 Å². The molecule has 0 spiro atoms. The number of halogens is 4. The molecule has 0 saturated carbocycles. The molecule has 0 bridgehead atoms. The second-order valence-corrected chi connectivity index (χ2v) is 8.10. The molecule has 1 amide bonds. The summed E-state index contributed by atoms with van der Waals surface area (Å²) in [5, 5.41) is 3.99. The average molecular weight is 519 g/mol. The van der Waals surface area contributed by atoms with Gasteiger partial charge in [0.05, 0.1) is 16.7 Å². The van der Waals surface area contributed by atoms with Crippen molar-refractivity contribution in [2.24, 2.45) is 0 Å². The molecule has 8 nitrogen and oxygen atoms in total. The summed E-state index contributed by atoms with van der Waals surface area (Å²) in [7, 11) is -2.03. The highest BCUT2D eigenvalue weighted by Crippen LogP contribution is 2.30. The van der Waals surface area contributed by atoms with Gasteiger partial charge in [-0.25, -0.2) is 22.2 Å². The minimum Gasteiger partial charge on any atom is -0.405 e. The molecule has 0 fully saturated rings. The minimum atomic E-state index is -4.60. The van der Waals surface area contributed by atoms with Gasteiger partial charge in [-0.1, -0.05) is 0 Å². The van der Waals surface area contributed by atoms with E-state index in [-0.39, 0.29) is 12.5 Å². The predicted octanol–water partition coefficient (Wildman–Crippen LogP) is 2.93. The second-order valence-electron chi connectivity index (χ2n) is 5.10. The molecule has 0 atom stereocenters. The van der Waals surface area contributed by atoms with E-state index >= 15 is 0 Å². The first-order valence-electron chi connectivity index (χ1n) is 7.06. The van der Waals surface area contributed by atoms with Crippen LogP contribution in [-0.2, 0) is 27.7 Å². The number of sulfonamides is 1. The van der Waals surface area contributed by atoms with E-state index < -0.39 is 32.8 Å². The smallest absolute Gasteiger partial charge is 0.405 e. The molecular weight excluding hydrogens is 506 g/mol. The summed E-state index contributed by atoms with van der Waals surface area (Å²) < 4.78 is 74.4. The molecule has 27 heavy (non-hydrogen) atoms. The van der Waals surface area contributed by atoms with Crippen molar-refractivity contribution in [3.8, 4) is 5.75 Å². The molecule has 148 valence electrons. The van der Waals surface area contributed by atoms with Gasteiger partial charge in [-0.05, 0) is 46.9 Å². The molecule has 0 radical (unpaired) electrons. The van der Waals surface area contributed by atoms with E-state index in [1.807, 2.05) is 0 Å². The van der Waals surface area contributed by atoms with Crippen molar-refractivity contribution >= 4 is 38.7 Å². The second kappa shape index (κ2) is 8.02. The Hall–Kier alpha value is -1.87. The molecule has 1 aromatic heterocycles. The minimum absolute atomic E-state index is 0.00659. The Kier molecular flexibility index (Phi) is 6.36. The van der Waals surface area contributed by atoms with Crippen molar-refractivity contribution in [1.29, 1.82) is 0 Å². The molecular formula is C14H13F3IN3O5S. The van der Waals surface area contributed by atoms with Crippen LogP contribution in [0.3, 0.4) is 0 Å². The predicted molar refractivity (Wildman–Crippen MR) is 94.4 cm³/mol. The highest BCUT2D eigenvalue weighted by Gasteiger charge is 2.32. The summed E-state index contributed by atoms with van der Waals surface area (Å²) in [6.07, 6.45) is -4.52. The van der Waals surface area contributed by atoms with Crippen LogP contribution in [0.1, 0.15) is 5.56 Å². The third-order valence-corrected chi connectivity index (χ3v) is 5.73. The fraction of sp³-hybridized carbons (Fsp3) is 0.286. The van der Waals surface area contributed by atoms with Gasteiger partial charge in [0.25, 0.3) is 10.0 Å². The Balaban J connectivity index is 2.19. The van der Waals surface area contributed by atoms with Gasteiger partial charge in [-0.15, -0.1) is 0 Å². The van der Waals surface area contributed by atoms with Crippen molar-refractivity contribution in [3.63, 3.8) is 0 Å². The Morgan fingerprint density at radius 1 is 1.30 bits per heavy atom. The average Bonchev–Trinajstić information content (AvgIpc) is 2.93. The van der Waals surface area contributed by atoms with Crippen LogP contribution in [0.15, 0.2) is 35.4 Å². The van der Waals surface area contributed by atoms with Crippen LogP contribution >= 0.6 is 22.6 Å². The number of benzene rings is 1. The molecule has 0 N–H and O–H groups in total. The summed E-state index contributed by atoms with van der Waals surface area (Å²) in [6.45, 7) is 0.0905. The number of rotatable bonds is 5. The van der Waals surface area contributed by atoms with Crippen LogP contribution < -0.4 is 4.74 Å². The summed E-state index contributed by atoms with van der Waals surface area (Å²) in [5.74, 6) is 0.00659. The number of methoxy groups -OCH3 is 1. The zero-order valence-electron chi connectivity index (χ0n) is 13.9. The molecule has 0 unspecified atom stereocenters. The SMILES string of the molecule is COCn1cc(OC(=O)N(C)S(=O)(=O)c2ccc(C(F)(F)F)cc2)c(I)n1. The topological polar surface area (TPSA) is 90.7 Å². The molecule has 2 aromatic rings. The largest absolute Gasteiger partial charge is 0.429 e.